The van der Waals surface area contributed by atoms with Gasteiger partial charge in [-0.3, -0.25) is 5.43 Å². The summed E-state index contributed by atoms with van der Waals surface area (Å²) in [6.45, 7) is 2.37. The quantitative estimate of drug-likeness (QED) is 0.377. The van der Waals surface area contributed by atoms with E-state index >= 15 is 0 Å². The molecule has 0 unspecified atom stereocenters. The first-order valence-corrected chi connectivity index (χ1v) is 9.75. The van der Waals surface area contributed by atoms with E-state index in [1.54, 1.807) is 25.5 Å². The van der Waals surface area contributed by atoms with Crippen LogP contribution >= 0.6 is 34.5 Å². The number of benzene rings is 2. The maximum absolute atomic E-state index is 6.20. The third kappa shape index (κ3) is 4.71. The van der Waals surface area contributed by atoms with Crippen molar-refractivity contribution in [3.8, 4) is 22.8 Å². The van der Waals surface area contributed by atoms with Crippen LogP contribution in [0.4, 0.5) is 5.13 Å². The van der Waals surface area contributed by atoms with E-state index < -0.39 is 0 Å². The summed E-state index contributed by atoms with van der Waals surface area (Å²) in [6, 6.07) is 11.2. The fourth-order valence-electron chi connectivity index (χ4n) is 2.40. The van der Waals surface area contributed by atoms with Crippen molar-refractivity contribution in [3.63, 3.8) is 0 Å². The van der Waals surface area contributed by atoms with Gasteiger partial charge in [0.25, 0.3) is 0 Å². The zero-order chi connectivity index (χ0) is 19.2. The van der Waals surface area contributed by atoms with Crippen molar-refractivity contribution < 1.29 is 9.47 Å². The molecule has 0 aliphatic heterocycles. The number of aromatic nitrogens is 1. The standard InChI is InChI=1S/C19H17Cl2N3O2S/c1-3-26-18-14(20)8-12(9-15(18)21)10-22-24-19-23-16(11-27-19)13-6-4-5-7-17(13)25-2/h4-11H,3H2,1-2H3,(H,23,24)/b22-10-. The van der Waals surface area contributed by atoms with Crippen LogP contribution in [0.1, 0.15) is 12.5 Å². The highest BCUT2D eigenvalue weighted by molar-refractivity contribution is 7.14. The molecule has 0 aliphatic carbocycles. The third-order valence-corrected chi connectivity index (χ3v) is 4.88. The molecule has 0 aliphatic rings. The molecule has 8 heteroatoms. The number of rotatable bonds is 7. The second-order valence-corrected chi connectivity index (χ2v) is 7.03. The molecule has 5 nitrogen and oxygen atoms in total. The van der Waals surface area contributed by atoms with E-state index in [4.69, 9.17) is 32.7 Å². The van der Waals surface area contributed by atoms with Crippen LogP contribution < -0.4 is 14.9 Å². The number of hydrazone groups is 1. The summed E-state index contributed by atoms with van der Waals surface area (Å²) >= 11 is 13.8. The first-order valence-electron chi connectivity index (χ1n) is 8.12. The molecule has 27 heavy (non-hydrogen) atoms. The van der Waals surface area contributed by atoms with Crippen LogP contribution in [0.2, 0.25) is 10.0 Å². The first kappa shape index (κ1) is 19.5. The molecule has 1 N–H and O–H groups in total. The molecule has 1 heterocycles. The largest absolute Gasteiger partial charge is 0.496 e. The number of nitrogens with one attached hydrogen (secondary N) is 1. The molecule has 0 saturated heterocycles. The number of anilines is 1. The maximum atomic E-state index is 6.20. The van der Waals surface area contributed by atoms with Gasteiger partial charge in [0, 0.05) is 10.9 Å². The van der Waals surface area contributed by atoms with Crippen LogP contribution in [-0.2, 0) is 0 Å². The molecule has 3 rings (SSSR count). The molecule has 140 valence electrons. The van der Waals surface area contributed by atoms with Crippen LogP contribution in [-0.4, -0.2) is 24.9 Å². The van der Waals surface area contributed by atoms with Crippen molar-refractivity contribution in [2.75, 3.05) is 19.1 Å². The molecule has 3 aromatic rings. The Bertz CT molecular complexity index is 937. The zero-order valence-corrected chi connectivity index (χ0v) is 17.0. The highest BCUT2D eigenvalue weighted by atomic mass is 35.5. The average Bonchev–Trinajstić information content (AvgIpc) is 3.13. The minimum absolute atomic E-state index is 0.443. The summed E-state index contributed by atoms with van der Waals surface area (Å²) in [6.07, 6.45) is 1.62. The molecule has 0 saturated carbocycles. The fraction of sp³-hybridized carbons (Fsp3) is 0.158. The molecular formula is C19H17Cl2N3O2S. The van der Waals surface area contributed by atoms with E-state index in [0.29, 0.717) is 27.5 Å². The summed E-state index contributed by atoms with van der Waals surface area (Å²) in [5.41, 5.74) is 5.42. The Morgan fingerprint density at radius 1 is 1.22 bits per heavy atom. The number of hydrogen-bond acceptors (Lipinski definition) is 6. The van der Waals surface area contributed by atoms with Gasteiger partial charge in [-0.1, -0.05) is 35.3 Å². The third-order valence-electron chi connectivity index (χ3n) is 3.57. The molecule has 0 spiro atoms. The lowest BCUT2D eigenvalue weighted by Gasteiger charge is -2.08. The molecule has 0 bridgehead atoms. The average molecular weight is 422 g/mol. The lowest BCUT2D eigenvalue weighted by Crippen LogP contribution is -1.95. The monoisotopic (exact) mass is 421 g/mol. The lowest BCUT2D eigenvalue weighted by molar-refractivity contribution is 0.340. The van der Waals surface area contributed by atoms with E-state index in [2.05, 4.69) is 15.5 Å². The minimum Gasteiger partial charge on any atom is -0.496 e. The fourth-order valence-corrected chi connectivity index (χ4v) is 3.68. The van der Waals surface area contributed by atoms with Gasteiger partial charge in [-0.2, -0.15) is 5.10 Å². The molecule has 0 radical (unpaired) electrons. The number of nitrogens with zero attached hydrogens (tertiary/aromatic N) is 2. The van der Waals surface area contributed by atoms with Crippen LogP contribution in [0.15, 0.2) is 46.9 Å². The molecule has 0 amide bonds. The highest BCUT2D eigenvalue weighted by Crippen LogP contribution is 2.34. The van der Waals surface area contributed by atoms with Gasteiger partial charge in [-0.15, -0.1) is 11.3 Å². The Hall–Kier alpha value is -2.28. The zero-order valence-electron chi connectivity index (χ0n) is 14.7. The van der Waals surface area contributed by atoms with Gasteiger partial charge < -0.3 is 9.47 Å². The Morgan fingerprint density at radius 3 is 2.67 bits per heavy atom. The van der Waals surface area contributed by atoms with E-state index in [-0.39, 0.29) is 0 Å². The van der Waals surface area contributed by atoms with E-state index in [1.165, 1.54) is 11.3 Å². The second-order valence-electron chi connectivity index (χ2n) is 5.35. The van der Waals surface area contributed by atoms with E-state index in [0.717, 1.165) is 22.6 Å². The number of ether oxygens (including phenoxy) is 2. The minimum atomic E-state index is 0.443. The lowest BCUT2D eigenvalue weighted by atomic mass is 10.1. The number of thiazole rings is 1. The van der Waals surface area contributed by atoms with Crippen molar-refractivity contribution in [2.24, 2.45) is 5.10 Å². The van der Waals surface area contributed by atoms with Gasteiger partial charge in [-0.25, -0.2) is 4.98 Å². The summed E-state index contributed by atoms with van der Waals surface area (Å²) in [7, 11) is 1.64. The van der Waals surface area contributed by atoms with Crippen molar-refractivity contribution >= 4 is 45.9 Å². The van der Waals surface area contributed by atoms with Crippen LogP contribution in [0.5, 0.6) is 11.5 Å². The predicted molar refractivity (Wildman–Crippen MR) is 113 cm³/mol. The second kappa shape index (κ2) is 9.08. The van der Waals surface area contributed by atoms with Gasteiger partial charge in [-0.05, 0) is 36.8 Å². The SMILES string of the molecule is CCOc1c(Cl)cc(/C=N\Nc2nc(-c3ccccc3OC)cs2)cc1Cl. The first-order chi connectivity index (χ1) is 13.1. The smallest absolute Gasteiger partial charge is 0.203 e. The number of para-hydroxylation sites is 1. The van der Waals surface area contributed by atoms with Crippen molar-refractivity contribution in [1.29, 1.82) is 0 Å². The van der Waals surface area contributed by atoms with E-state index in [1.807, 2.05) is 36.6 Å². The Kier molecular flexibility index (Phi) is 6.55. The van der Waals surface area contributed by atoms with E-state index in [9.17, 15) is 0 Å². The summed E-state index contributed by atoms with van der Waals surface area (Å²) < 4.78 is 10.8. The van der Waals surface area contributed by atoms with Crippen LogP contribution in [0, 0.1) is 0 Å². The van der Waals surface area contributed by atoms with Crippen molar-refractivity contribution in [1.82, 2.24) is 4.98 Å². The van der Waals surface area contributed by atoms with Crippen LogP contribution in [0.25, 0.3) is 11.3 Å². The summed E-state index contributed by atoms with van der Waals surface area (Å²) in [5.74, 6) is 1.25. The van der Waals surface area contributed by atoms with Crippen molar-refractivity contribution in [2.45, 2.75) is 6.92 Å². The predicted octanol–water partition coefficient (Wildman–Crippen LogP) is 5.97. The Balaban J connectivity index is 1.72. The van der Waals surface area contributed by atoms with Gasteiger partial charge >= 0.3 is 0 Å². The normalized spacial score (nSPS) is 11.0. The Labute approximate surface area is 171 Å². The molecule has 0 fully saturated rings. The van der Waals surface area contributed by atoms with Gasteiger partial charge in [0.1, 0.15) is 5.75 Å². The number of methoxy groups -OCH3 is 1. The molecule has 2 aromatic carbocycles. The Morgan fingerprint density at radius 2 is 1.96 bits per heavy atom. The van der Waals surface area contributed by atoms with Gasteiger partial charge in [0.2, 0.25) is 5.13 Å². The van der Waals surface area contributed by atoms with Crippen molar-refractivity contribution in [3.05, 3.63) is 57.4 Å². The topological polar surface area (TPSA) is 55.7 Å². The summed E-state index contributed by atoms with van der Waals surface area (Å²) in [4.78, 5) is 4.54. The van der Waals surface area contributed by atoms with Gasteiger partial charge in [0.05, 0.1) is 35.7 Å². The highest BCUT2D eigenvalue weighted by Gasteiger charge is 2.10. The number of hydrogen-bond donors (Lipinski definition) is 1. The summed E-state index contributed by atoms with van der Waals surface area (Å²) in [5, 5.41) is 7.70. The molecule has 0 atom stereocenters. The van der Waals surface area contributed by atoms with Crippen LogP contribution in [0.3, 0.4) is 0 Å². The molecular weight excluding hydrogens is 405 g/mol. The maximum Gasteiger partial charge on any atom is 0.203 e. The van der Waals surface area contributed by atoms with Gasteiger partial charge in [0.15, 0.2) is 5.75 Å². The number of halogens is 2. The molecule has 1 aromatic heterocycles.